The molecule has 1 heterocycles. The minimum absolute atomic E-state index is 0.0812. The van der Waals surface area contributed by atoms with Crippen molar-refractivity contribution in [3.63, 3.8) is 0 Å². The first-order valence-electron chi connectivity index (χ1n) is 10.1. The fourth-order valence-corrected chi connectivity index (χ4v) is 4.95. The molecule has 160 valence electrons. The van der Waals surface area contributed by atoms with Gasteiger partial charge in [0.05, 0.1) is 4.90 Å². The highest BCUT2D eigenvalue weighted by Gasteiger charge is 2.26. The molecule has 1 fully saturated rings. The third-order valence-corrected chi connectivity index (χ3v) is 6.97. The molecule has 1 aliphatic heterocycles. The summed E-state index contributed by atoms with van der Waals surface area (Å²) in [6.07, 6.45) is 0.565. The lowest BCUT2D eigenvalue weighted by molar-refractivity contribution is -0.121. The van der Waals surface area contributed by atoms with E-state index in [4.69, 9.17) is 0 Å². The van der Waals surface area contributed by atoms with Crippen LogP contribution < -0.4 is 5.32 Å². The van der Waals surface area contributed by atoms with Gasteiger partial charge in [-0.05, 0) is 37.6 Å². The van der Waals surface area contributed by atoms with E-state index in [1.54, 1.807) is 41.3 Å². The van der Waals surface area contributed by atoms with Crippen LogP contribution in [0.25, 0.3) is 0 Å². The van der Waals surface area contributed by atoms with Crippen molar-refractivity contribution in [3.8, 4) is 0 Å². The number of aryl methyl sites for hydroxylation is 1. The minimum atomic E-state index is -3.71. The van der Waals surface area contributed by atoms with Crippen molar-refractivity contribution in [2.75, 3.05) is 32.7 Å². The van der Waals surface area contributed by atoms with Crippen LogP contribution in [-0.2, 0) is 14.8 Å². The maximum atomic E-state index is 13.0. The average molecular weight is 430 g/mol. The van der Waals surface area contributed by atoms with Crippen molar-refractivity contribution in [2.45, 2.75) is 24.7 Å². The van der Waals surface area contributed by atoms with Gasteiger partial charge in [-0.2, -0.15) is 4.31 Å². The number of nitrogens with zero attached hydrogens (tertiary/aromatic N) is 2. The summed E-state index contributed by atoms with van der Waals surface area (Å²) >= 11 is 0. The Morgan fingerprint density at radius 2 is 1.73 bits per heavy atom. The highest BCUT2D eigenvalue weighted by atomic mass is 32.2. The zero-order chi connectivity index (χ0) is 21.6. The summed E-state index contributed by atoms with van der Waals surface area (Å²) < 4.78 is 27.4. The van der Waals surface area contributed by atoms with E-state index in [-0.39, 0.29) is 36.2 Å². The Morgan fingerprint density at radius 1 is 0.967 bits per heavy atom. The first-order chi connectivity index (χ1) is 14.4. The first-order valence-corrected chi connectivity index (χ1v) is 11.5. The zero-order valence-electron chi connectivity index (χ0n) is 17.1. The molecule has 30 heavy (non-hydrogen) atoms. The summed E-state index contributed by atoms with van der Waals surface area (Å²) in [6, 6.07) is 15.6. The molecule has 0 bridgehead atoms. The Balaban J connectivity index is 1.78. The summed E-state index contributed by atoms with van der Waals surface area (Å²) in [7, 11) is -3.71. The van der Waals surface area contributed by atoms with Crippen LogP contribution in [0.2, 0.25) is 0 Å². The zero-order valence-corrected chi connectivity index (χ0v) is 17.9. The molecule has 0 aromatic heterocycles. The Kier molecular flexibility index (Phi) is 7.23. The maximum absolute atomic E-state index is 13.0. The number of nitrogens with one attached hydrogen (secondary N) is 1. The van der Waals surface area contributed by atoms with E-state index in [1.165, 1.54) is 4.31 Å². The molecule has 0 spiro atoms. The SMILES string of the molecule is Cc1cccc(C(=O)N2CCCN(S(=O)(=O)c3ccccc3)CCC(=O)NCC2)c1. The van der Waals surface area contributed by atoms with E-state index < -0.39 is 10.0 Å². The molecule has 0 radical (unpaired) electrons. The second-order valence-corrected chi connectivity index (χ2v) is 9.27. The van der Waals surface area contributed by atoms with Gasteiger partial charge < -0.3 is 10.2 Å². The number of hydrogen-bond acceptors (Lipinski definition) is 4. The van der Waals surface area contributed by atoms with Crippen molar-refractivity contribution < 1.29 is 18.0 Å². The van der Waals surface area contributed by atoms with Crippen molar-refractivity contribution in [3.05, 3.63) is 65.7 Å². The van der Waals surface area contributed by atoms with E-state index in [9.17, 15) is 18.0 Å². The van der Waals surface area contributed by atoms with E-state index in [1.807, 2.05) is 25.1 Å². The molecular weight excluding hydrogens is 402 g/mol. The normalized spacial score (nSPS) is 17.1. The topological polar surface area (TPSA) is 86.8 Å². The van der Waals surface area contributed by atoms with Crippen LogP contribution >= 0.6 is 0 Å². The Hall–Kier alpha value is -2.71. The van der Waals surface area contributed by atoms with Crippen LogP contribution in [0.1, 0.15) is 28.8 Å². The average Bonchev–Trinajstić information content (AvgIpc) is 2.78. The van der Waals surface area contributed by atoms with Crippen LogP contribution in [0.5, 0.6) is 0 Å². The van der Waals surface area contributed by atoms with Crippen molar-refractivity contribution in [1.29, 1.82) is 0 Å². The lowest BCUT2D eigenvalue weighted by Crippen LogP contribution is -2.39. The van der Waals surface area contributed by atoms with Gasteiger partial charge in [-0.15, -0.1) is 0 Å². The predicted molar refractivity (Wildman–Crippen MR) is 115 cm³/mol. The Morgan fingerprint density at radius 3 is 2.47 bits per heavy atom. The van der Waals surface area contributed by atoms with Gasteiger partial charge in [0.15, 0.2) is 0 Å². The Bertz CT molecular complexity index is 992. The van der Waals surface area contributed by atoms with Crippen molar-refractivity contribution in [1.82, 2.24) is 14.5 Å². The molecule has 3 rings (SSSR count). The van der Waals surface area contributed by atoms with Gasteiger partial charge in [-0.3, -0.25) is 9.59 Å². The van der Waals surface area contributed by atoms with E-state index in [0.29, 0.717) is 31.6 Å². The fraction of sp³-hybridized carbons (Fsp3) is 0.364. The number of rotatable bonds is 3. The molecule has 2 aromatic rings. The molecule has 0 unspecified atom stereocenters. The number of sulfonamides is 1. The van der Waals surface area contributed by atoms with Crippen LogP contribution in [0.3, 0.4) is 0 Å². The predicted octanol–water partition coefficient (Wildman–Crippen LogP) is 2.04. The van der Waals surface area contributed by atoms with E-state index in [0.717, 1.165) is 5.56 Å². The number of hydrogen-bond donors (Lipinski definition) is 1. The lowest BCUT2D eigenvalue weighted by Gasteiger charge is -2.25. The van der Waals surface area contributed by atoms with Gasteiger partial charge in [0, 0.05) is 44.7 Å². The number of amides is 2. The number of benzene rings is 2. The molecule has 0 saturated carbocycles. The molecule has 2 aromatic carbocycles. The van der Waals surface area contributed by atoms with E-state index >= 15 is 0 Å². The Labute approximate surface area is 177 Å². The second kappa shape index (κ2) is 9.86. The minimum Gasteiger partial charge on any atom is -0.354 e. The van der Waals surface area contributed by atoms with Gasteiger partial charge in [0.25, 0.3) is 5.91 Å². The third-order valence-electron chi connectivity index (χ3n) is 5.06. The first kappa shape index (κ1) is 22.0. The van der Waals surface area contributed by atoms with E-state index in [2.05, 4.69) is 5.32 Å². The summed E-state index contributed by atoms with van der Waals surface area (Å²) in [5.74, 6) is -0.349. The maximum Gasteiger partial charge on any atom is 0.253 e. The highest BCUT2D eigenvalue weighted by molar-refractivity contribution is 7.89. The van der Waals surface area contributed by atoms with Gasteiger partial charge >= 0.3 is 0 Å². The second-order valence-electron chi connectivity index (χ2n) is 7.33. The van der Waals surface area contributed by atoms with Crippen LogP contribution in [-0.4, -0.2) is 62.2 Å². The molecule has 1 aliphatic rings. The number of carbonyl (C=O) groups excluding carboxylic acids is 2. The van der Waals surface area contributed by atoms with Crippen LogP contribution in [0.15, 0.2) is 59.5 Å². The standard InChI is InChI=1S/C22H27N3O4S/c1-18-7-5-8-19(17-18)22(27)24-13-6-14-25(15-11-21(26)23-12-16-24)30(28,29)20-9-3-2-4-10-20/h2-5,7-10,17H,6,11-16H2,1H3,(H,23,26). The van der Waals surface area contributed by atoms with Gasteiger partial charge in [0.1, 0.15) is 0 Å². The van der Waals surface area contributed by atoms with Crippen molar-refractivity contribution >= 4 is 21.8 Å². The molecule has 1 N–H and O–H groups in total. The molecule has 8 heteroatoms. The molecular formula is C22H27N3O4S. The summed E-state index contributed by atoms with van der Waals surface area (Å²) in [5.41, 5.74) is 1.58. The van der Waals surface area contributed by atoms with Crippen LogP contribution in [0, 0.1) is 6.92 Å². The van der Waals surface area contributed by atoms with Crippen molar-refractivity contribution in [2.24, 2.45) is 0 Å². The summed E-state index contributed by atoms with van der Waals surface area (Å²) in [6.45, 7) is 3.39. The van der Waals surface area contributed by atoms with Crippen LogP contribution in [0.4, 0.5) is 0 Å². The van der Waals surface area contributed by atoms with Gasteiger partial charge in [-0.1, -0.05) is 35.9 Å². The smallest absolute Gasteiger partial charge is 0.253 e. The molecule has 1 saturated heterocycles. The number of carbonyl (C=O) groups is 2. The lowest BCUT2D eigenvalue weighted by atomic mass is 10.1. The molecule has 2 amide bonds. The van der Waals surface area contributed by atoms with Gasteiger partial charge in [0.2, 0.25) is 15.9 Å². The fourth-order valence-electron chi connectivity index (χ4n) is 3.45. The monoisotopic (exact) mass is 429 g/mol. The molecule has 0 aliphatic carbocycles. The largest absolute Gasteiger partial charge is 0.354 e. The van der Waals surface area contributed by atoms with Gasteiger partial charge in [-0.25, -0.2) is 8.42 Å². The summed E-state index contributed by atoms with van der Waals surface area (Å²) in [5, 5.41) is 2.79. The molecule has 0 atom stereocenters. The quantitative estimate of drug-likeness (QED) is 0.809. The third kappa shape index (κ3) is 5.46. The highest BCUT2D eigenvalue weighted by Crippen LogP contribution is 2.17. The summed E-state index contributed by atoms with van der Waals surface area (Å²) in [4.78, 5) is 27.0. The molecule has 7 nitrogen and oxygen atoms in total.